The van der Waals surface area contributed by atoms with Crippen LogP contribution in [0.25, 0.3) is 11.2 Å². The summed E-state index contributed by atoms with van der Waals surface area (Å²) < 4.78 is 8.42. The number of methoxy groups -OCH3 is 1. The third kappa shape index (κ3) is 2.84. The fourth-order valence-electron chi connectivity index (χ4n) is 3.12. The molecule has 0 amide bonds. The summed E-state index contributed by atoms with van der Waals surface area (Å²) in [7, 11) is 3.24. The van der Waals surface area contributed by atoms with Crippen LogP contribution in [-0.4, -0.2) is 70.4 Å². The Morgan fingerprint density at radius 1 is 1.21 bits per heavy atom. The summed E-state index contributed by atoms with van der Waals surface area (Å²) in [6.07, 6.45) is 0. The second-order valence-electron chi connectivity index (χ2n) is 5.97. The Balaban J connectivity index is 2.09. The van der Waals surface area contributed by atoms with Gasteiger partial charge in [0.15, 0.2) is 11.2 Å². The van der Waals surface area contributed by atoms with Gasteiger partial charge in [-0.1, -0.05) is 6.92 Å². The van der Waals surface area contributed by atoms with Crippen molar-refractivity contribution in [2.75, 3.05) is 51.3 Å². The third-order valence-corrected chi connectivity index (χ3v) is 4.61. The van der Waals surface area contributed by atoms with E-state index >= 15 is 0 Å². The molecule has 9 heteroatoms. The Morgan fingerprint density at radius 3 is 2.54 bits per heavy atom. The molecule has 1 fully saturated rings. The molecule has 9 nitrogen and oxygen atoms in total. The molecule has 24 heavy (non-hydrogen) atoms. The molecule has 2 aromatic rings. The average molecular weight is 336 g/mol. The smallest absolute Gasteiger partial charge is 0.329 e. The highest BCUT2D eigenvalue weighted by molar-refractivity contribution is 5.74. The summed E-state index contributed by atoms with van der Waals surface area (Å²) in [5.41, 5.74) is -0.0313. The lowest BCUT2D eigenvalue weighted by atomic mass is 10.3. The van der Waals surface area contributed by atoms with Crippen molar-refractivity contribution in [2.45, 2.75) is 13.5 Å². The molecule has 3 heterocycles. The van der Waals surface area contributed by atoms with E-state index in [-0.39, 0.29) is 0 Å². The maximum atomic E-state index is 12.3. The van der Waals surface area contributed by atoms with Gasteiger partial charge in [-0.25, -0.2) is 4.79 Å². The van der Waals surface area contributed by atoms with Crippen LogP contribution in [0.15, 0.2) is 9.59 Å². The summed E-state index contributed by atoms with van der Waals surface area (Å²) in [5.74, 6) is 0.726. The summed E-state index contributed by atoms with van der Waals surface area (Å²) in [6.45, 7) is 7.76. The molecule has 0 atom stereocenters. The van der Waals surface area contributed by atoms with E-state index in [4.69, 9.17) is 4.74 Å². The Kier molecular flexibility index (Phi) is 4.72. The number of H-pyrrole nitrogens is 1. The zero-order chi connectivity index (χ0) is 17.3. The summed E-state index contributed by atoms with van der Waals surface area (Å²) >= 11 is 0. The van der Waals surface area contributed by atoms with Crippen molar-refractivity contribution in [3.63, 3.8) is 0 Å². The van der Waals surface area contributed by atoms with Crippen molar-refractivity contribution in [2.24, 2.45) is 7.05 Å². The monoisotopic (exact) mass is 336 g/mol. The quantitative estimate of drug-likeness (QED) is 0.770. The van der Waals surface area contributed by atoms with Gasteiger partial charge in [0.2, 0.25) is 5.95 Å². The van der Waals surface area contributed by atoms with Crippen molar-refractivity contribution in [3.05, 3.63) is 20.8 Å². The van der Waals surface area contributed by atoms with Crippen LogP contribution in [0.1, 0.15) is 6.92 Å². The molecule has 0 bridgehead atoms. The SMILES string of the molecule is CCN1CCN(c2nc3c(c(=O)[nH]c(=O)n3C)n2CCOC)CC1. The summed E-state index contributed by atoms with van der Waals surface area (Å²) in [5, 5.41) is 0. The summed E-state index contributed by atoms with van der Waals surface area (Å²) in [4.78, 5) is 35.7. The lowest BCUT2D eigenvalue weighted by Crippen LogP contribution is -2.47. The van der Waals surface area contributed by atoms with Gasteiger partial charge in [-0.15, -0.1) is 0 Å². The number of piperazine rings is 1. The highest BCUT2D eigenvalue weighted by Gasteiger charge is 2.24. The van der Waals surface area contributed by atoms with Gasteiger partial charge in [0.05, 0.1) is 6.61 Å². The van der Waals surface area contributed by atoms with E-state index in [2.05, 4.69) is 26.7 Å². The number of aryl methyl sites for hydroxylation is 1. The fraction of sp³-hybridized carbons (Fsp3) is 0.667. The van der Waals surface area contributed by atoms with Gasteiger partial charge in [0, 0.05) is 46.9 Å². The number of fused-ring (bicyclic) bond motifs is 1. The second-order valence-corrected chi connectivity index (χ2v) is 5.97. The van der Waals surface area contributed by atoms with Crippen LogP contribution < -0.4 is 16.1 Å². The number of aromatic nitrogens is 4. The van der Waals surface area contributed by atoms with Crippen LogP contribution in [0, 0.1) is 0 Å². The molecule has 3 rings (SSSR count). The van der Waals surface area contributed by atoms with E-state index in [9.17, 15) is 9.59 Å². The third-order valence-electron chi connectivity index (χ3n) is 4.61. The molecule has 0 radical (unpaired) electrons. The number of nitrogens with one attached hydrogen (secondary N) is 1. The van der Waals surface area contributed by atoms with Crippen LogP contribution in [0.5, 0.6) is 0 Å². The van der Waals surface area contributed by atoms with E-state index in [0.717, 1.165) is 38.7 Å². The number of aromatic amines is 1. The minimum absolute atomic E-state index is 0.407. The van der Waals surface area contributed by atoms with E-state index in [1.54, 1.807) is 14.2 Å². The van der Waals surface area contributed by atoms with E-state index < -0.39 is 11.2 Å². The number of likely N-dealkylation sites (N-methyl/N-ethyl adjacent to an activating group) is 1. The maximum absolute atomic E-state index is 12.3. The largest absolute Gasteiger partial charge is 0.383 e. The molecule has 0 aromatic carbocycles. The van der Waals surface area contributed by atoms with Gasteiger partial charge < -0.3 is 19.1 Å². The first-order valence-corrected chi connectivity index (χ1v) is 8.22. The summed E-state index contributed by atoms with van der Waals surface area (Å²) in [6, 6.07) is 0. The van der Waals surface area contributed by atoms with Gasteiger partial charge >= 0.3 is 5.69 Å². The zero-order valence-corrected chi connectivity index (χ0v) is 14.4. The Bertz CT molecular complexity index is 828. The topological polar surface area (TPSA) is 88.4 Å². The Labute approximate surface area is 139 Å². The molecule has 132 valence electrons. The maximum Gasteiger partial charge on any atom is 0.329 e. The molecule has 1 aliphatic heterocycles. The molecule has 0 aliphatic carbocycles. The first kappa shape index (κ1) is 16.7. The number of ether oxygens (including phenoxy) is 1. The molecule has 1 aliphatic rings. The number of rotatable bonds is 5. The van der Waals surface area contributed by atoms with Crippen LogP contribution >= 0.6 is 0 Å². The van der Waals surface area contributed by atoms with Crippen LogP contribution in [0.4, 0.5) is 5.95 Å². The molecular formula is C15H24N6O3. The molecule has 0 spiro atoms. The second kappa shape index (κ2) is 6.78. The predicted molar refractivity (Wildman–Crippen MR) is 91.8 cm³/mol. The van der Waals surface area contributed by atoms with E-state index in [1.165, 1.54) is 4.57 Å². The Morgan fingerprint density at radius 2 is 1.92 bits per heavy atom. The van der Waals surface area contributed by atoms with Gasteiger partial charge in [0.25, 0.3) is 5.56 Å². The standard InChI is InChI=1S/C15H24N6O3/c1-4-19-5-7-20(8-6-19)14-16-12-11(21(14)9-10-24-3)13(22)17-15(23)18(12)2/h4-10H2,1-3H3,(H,17,22,23). The highest BCUT2D eigenvalue weighted by Crippen LogP contribution is 2.20. The van der Waals surface area contributed by atoms with Crippen LogP contribution in [-0.2, 0) is 18.3 Å². The Hall–Kier alpha value is -2.13. The van der Waals surface area contributed by atoms with Crippen molar-refractivity contribution in [1.82, 2.24) is 24.0 Å². The first-order chi connectivity index (χ1) is 11.6. The molecule has 1 saturated heterocycles. The van der Waals surface area contributed by atoms with Gasteiger partial charge in [-0.2, -0.15) is 4.98 Å². The van der Waals surface area contributed by atoms with E-state index in [1.807, 2.05) is 4.57 Å². The molecule has 0 unspecified atom stereocenters. The van der Waals surface area contributed by atoms with Crippen molar-refractivity contribution in [3.8, 4) is 0 Å². The lowest BCUT2D eigenvalue weighted by Gasteiger charge is -2.34. The molecule has 2 aromatic heterocycles. The first-order valence-electron chi connectivity index (χ1n) is 8.22. The van der Waals surface area contributed by atoms with Gasteiger partial charge in [-0.3, -0.25) is 14.3 Å². The van der Waals surface area contributed by atoms with Crippen LogP contribution in [0.3, 0.4) is 0 Å². The van der Waals surface area contributed by atoms with Crippen LogP contribution in [0.2, 0.25) is 0 Å². The van der Waals surface area contributed by atoms with Crippen molar-refractivity contribution >= 4 is 17.1 Å². The van der Waals surface area contributed by atoms with Gasteiger partial charge in [0.1, 0.15) is 0 Å². The van der Waals surface area contributed by atoms with Crippen molar-refractivity contribution < 1.29 is 4.74 Å². The molecule has 1 N–H and O–H groups in total. The van der Waals surface area contributed by atoms with Gasteiger partial charge in [-0.05, 0) is 6.54 Å². The van der Waals surface area contributed by atoms with E-state index in [0.29, 0.717) is 24.3 Å². The number of hydrogen-bond donors (Lipinski definition) is 1. The number of hydrogen-bond acceptors (Lipinski definition) is 6. The fourth-order valence-corrected chi connectivity index (χ4v) is 3.12. The average Bonchev–Trinajstić information content (AvgIpc) is 2.98. The lowest BCUT2D eigenvalue weighted by molar-refractivity contribution is 0.188. The minimum Gasteiger partial charge on any atom is -0.383 e. The molecular weight excluding hydrogens is 312 g/mol. The molecule has 0 saturated carbocycles. The highest BCUT2D eigenvalue weighted by atomic mass is 16.5. The number of imidazole rings is 1. The zero-order valence-electron chi connectivity index (χ0n) is 14.4. The normalized spacial score (nSPS) is 16.2. The number of nitrogens with zero attached hydrogens (tertiary/aromatic N) is 5. The minimum atomic E-state index is -0.453. The van der Waals surface area contributed by atoms with Crippen molar-refractivity contribution in [1.29, 1.82) is 0 Å². The predicted octanol–water partition coefficient (Wildman–Crippen LogP) is -0.788. The number of anilines is 1.